The van der Waals surface area contributed by atoms with E-state index in [2.05, 4.69) is 21.4 Å². The molecule has 86 valence electrons. The molecule has 0 radical (unpaired) electrons. The number of aliphatic imine (C=N–C) groups is 1. The molecule has 6 heteroatoms. The SMILES string of the molecule is CN=C(CC#N)NCCSCc1nccs1. The number of thiazole rings is 1. The standard InChI is InChI=1S/C10H14N4S2/c1-12-9(2-3-11)13-4-6-15-8-10-14-5-7-16-10/h5,7H,2,4,6,8H2,1H3,(H,12,13). The van der Waals surface area contributed by atoms with Gasteiger partial charge in [0.2, 0.25) is 0 Å². The van der Waals surface area contributed by atoms with Crippen LogP contribution >= 0.6 is 23.1 Å². The molecular formula is C10H14N4S2. The molecule has 0 amide bonds. The molecule has 4 nitrogen and oxygen atoms in total. The van der Waals surface area contributed by atoms with Crippen LogP contribution in [0.3, 0.4) is 0 Å². The number of nitriles is 1. The molecule has 1 aromatic heterocycles. The Morgan fingerprint density at radius 1 is 1.75 bits per heavy atom. The fraction of sp³-hybridized carbons (Fsp3) is 0.500. The maximum absolute atomic E-state index is 8.51. The van der Waals surface area contributed by atoms with E-state index in [0.717, 1.165) is 28.9 Å². The molecule has 0 fully saturated rings. The summed E-state index contributed by atoms with van der Waals surface area (Å²) in [4.78, 5) is 8.19. The molecule has 1 N–H and O–H groups in total. The van der Waals surface area contributed by atoms with Gasteiger partial charge in [-0.2, -0.15) is 17.0 Å². The van der Waals surface area contributed by atoms with Gasteiger partial charge in [-0.1, -0.05) is 0 Å². The molecule has 16 heavy (non-hydrogen) atoms. The predicted molar refractivity (Wildman–Crippen MR) is 69.9 cm³/mol. The van der Waals surface area contributed by atoms with Crippen molar-refractivity contribution in [3.8, 4) is 6.07 Å². The van der Waals surface area contributed by atoms with Crippen molar-refractivity contribution in [2.45, 2.75) is 12.2 Å². The van der Waals surface area contributed by atoms with E-state index >= 15 is 0 Å². The van der Waals surface area contributed by atoms with E-state index in [1.165, 1.54) is 0 Å². The first kappa shape index (κ1) is 13.0. The molecular weight excluding hydrogens is 240 g/mol. The first-order valence-electron chi connectivity index (χ1n) is 4.89. The van der Waals surface area contributed by atoms with Gasteiger partial charge in [-0.25, -0.2) is 4.98 Å². The summed E-state index contributed by atoms with van der Waals surface area (Å²) in [5, 5.41) is 14.8. The highest BCUT2D eigenvalue weighted by Crippen LogP contribution is 2.13. The van der Waals surface area contributed by atoms with Gasteiger partial charge in [0.05, 0.1) is 12.5 Å². The molecule has 1 aromatic rings. The monoisotopic (exact) mass is 254 g/mol. The molecule has 0 aliphatic carbocycles. The van der Waals surface area contributed by atoms with Crippen molar-refractivity contribution >= 4 is 28.9 Å². The van der Waals surface area contributed by atoms with Crippen LogP contribution in [0.5, 0.6) is 0 Å². The highest BCUT2D eigenvalue weighted by molar-refractivity contribution is 7.98. The second-order valence-corrected chi connectivity index (χ2v) is 4.99. The summed E-state index contributed by atoms with van der Waals surface area (Å²) in [7, 11) is 1.70. The van der Waals surface area contributed by atoms with Gasteiger partial charge in [-0.3, -0.25) is 4.99 Å². The minimum absolute atomic E-state index is 0.355. The fourth-order valence-corrected chi connectivity index (χ4v) is 2.61. The Hall–Kier alpha value is -1.06. The lowest BCUT2D eigenvalue weighted by Crippen LogP contribution is -2.25. The van der Waals surface area contributed by atoms with Crippen LogP contribution in [0.1, 0.15) is 11.4 Å². The first-order chi connectivity index (χ1) is 7.86. The zero-order valence-corrected chi connectivity index (χ0v) is 10.8. The average molecular weight is 254 g/mol. The third kappa shape index (κ3) is 5.14. The highest BCUT2D eigenvalue weighted by atomic mass is 32.2. The van der Waals surface area contributed by atoms with Crippen molar-refractivity contribution in [1.82, 2.24) is 10.3 Å². The van der Waals surface area contributed by atoms with Gasteiger partial charge in [-0.15, -0.1) is 11.3 Å². The van der Waals surface area contributed by atoms with E-state index in [4.69, 9.17) is 5.26 Å². The summed E-state index contributed by atoms with van der Waals surface area (Å²) in [6, 6.07) is 2.07. The van der Waals surface area contributed by atoms with Gasteiger partial charge in [-0.05, 0) is 0 Å². The van der Waals surface area contributed by atoms with Gasteiger partial charge in [0, 0.05) is 36.7 Å². The van der Waals surface area contributed by atoms with E-state index in [0.29, 0.717) is 6.42 Å². The van der Waals surface area contributed by atoms with Crippen molar-refractivity contribution in [2.75, 3.05) is 19.3 Å². The van der Waals surface area contributed by atoms with E-state index in [1.807, 2.05) is 23.3 Å². The molecule has 0 aromatic carbocycles. The average Bonchev–Trinajstić information content (AvgIpc) is 2.80. The summed E-state index contributed by atoms with van der Waals surface area (Å²) < 4.78 is 0. The van der Waals surface area contributed by atoms with Crippen LogP contribution in [0.2, 0.25) is 0 Å². The van der Waals surface area contributed by atoms with Crippen molar-refractivity contribution in [3.05, 3.63) is 16.6 Å². The number of hydrogen-bond acceptors (Lipinski definition) is 5. The number of hydrogen-bond donors (Lipinski definition) is 1. The lowest BCUT2D eigenvalue weighted by molar-refractivity contribution is 0.952. The smallest absolute Gasteiger partial charge is 0.110 e. The van der Waals surface area contributed by atoms with Crippen LogP contribution in [-0.4, -0.2) is 30.2 Å². The van der Waals surface area contributed by atoms with Crippen LogP contribution in [-0.2, 0) is 5.75 Å². The third-order valence-corrected chi connectivity index (χ3v) is 3.73. The van der Waals surface area contributed by atoms with Crippen LogP contribution in [0, 0.1) is 11.3 Å². The van der Waals surface area contributed by atoms with E-state index < -0.39 is 0 Å². The molecule has 0 saturated heterocycles. The molecule has 0 spiro atoms. The zero-order valence-electron chi connectivity index (χ0n) is 9.14. The minimum atomic E-state index is 0.355. The fourth-order valence-electron chi connectivity index (χ4n) is 1.05. The van der Waals surface area contributed by atoms with E-state index in [9.17, 15) is 0 Å². The largest absolute Gasteiger partial charge is 0.372 e. The Labute approximate surface area is 104 Å². The number of aromatic nitrogens is 1. The highest BCUT2D eigenvalue weighted by Gasteiger charge is 1.97. The minimum Gasteiger partial charge on any atom is -0.372 e. The lowest BCUT2D eigenvalue weighted by atomic mass is 10.4. The number of nitrogens with zero attached hydrogens (tertiary/aromatic N) is 3. The maximum atomic E-state index is 8.51. The number of rotatable bonds is 6. The van der Waals surface area contributed by atoms with Crippen molar-refractivity contribution in [3.63, 3.8) is 0 Å². The Kier molecular flexibility index (Phi) is 6.61. The summed E-state index contributed by atoms with van der Waals surface area (Å²) in [5.74, 6) is 2.71. The number of nitrogens with one attached hydrogen (secondary N) is 1. The van der Waals surface area contributed by atoms with Crippen LogP contribution in [0.15, 0.2) is 16.6 Å². The normalized spacial score (nSPS) is 11.1. The second-order valence-electron chi connectivity index (χ2n) is 2.91. The second kappa shape index (κ2) is 8.13. The van der Waals surface area contributed by atoms with Crippen LogP contribution < -0.4 is 5.32 Å². The third-order valence-electron chi connectivity index (χ3n) is 1.80. The molecule has 1 rings (SSSR count). The predicted octanol–water partition coefficient (Wildman–Crippen LogP) is 1.91. The molecule has 0 aliphatic heterocycles. The lowest BCUT2D eigenvalue weighted by Gasteiger charge is -2.05. The summed E-state index contributed by atoms with van der Waals surface area (Å²) >= 11 is 3.51. The van der Waals surface area contributed by atoms with Crippen molar-refractivity contribution < 1.29 is 0 Å². The Morgan fingerprint density at radius 2 is 2.62 bits per heavy atom. The molecule has 0 saturated carbocycles. The molecule has 0 aliphatic rings. The summed E-state index contributed by atoms with van der Waals surface area (Å²) in [6.07, 6.45) is 2.18. The molecule has 0 bridgehead atoms. The van der Waals surface area contributed by atoms with Gasteiger partial charge in [0.1, 0.15) is 10.8 Å². The number of amidine groups is 1. The van der Waals surface area contributed by atoms with Crippen LogP contribution in [0.25, 0.3) is 0 Å². The zero-order chi connectivity index (χ0) is 11.6. The van der Waals surface area contributed by atoms with Gasteiger partial charge >= 0.3 is 0 Å². The van der Waals surface area contributed by atoms with Crippen molar-refractivity contribution in [1.29, 1.82) is 5.26 Å². The first-order valence-corrected chi connectivity index (χ1v) is 6.93. The van der Waals surface area contributed by atoms with E-state index in [-0.39, 0.29) is 0 Å². The molecule has 0 atom stereocenters. The molecule has 0 unspecified atom stereocenters. The number of thioether (sulfide) groups is 1. The Morgan fingerprint density at radius 3 is 3.25 bits per heavy atom. The summed E-state index contributed by atoms with van der Waals surface area (Å²) in [5.41, 5.74) is 0. The van der Waals surface area contributed by atoms with Gasteiger partial charge in [0.25, 0.3) is 0 Å². The summed E-state index contributed by atoms with van der Waals surface area (Å²) in [6.45, 7) is 0.838. The van der Waals surface area contributed by atoms with E-state index in [1.54, 1.807) is 18.4 Å². The van der Waals surface area contributed by atoms with Crippen LogP contribution in [0.4, 0.5) is 0 Å². The Balaban J connectivity index is 2.06. The quantitative estimate of drug-likeness (QED) is 0.478. The Bertz CT molecular complexity index is 353. The topological polar surface area (TPSA) is 61.1 Å². The van der Waals surface area contributed by atoms with Gasteiger partial charge < -0.3 is 5.32 Å². The maximum Gasteiger partial charge on any atom is 0.110 e. The molecule has 1 heterocycles. The van der Waals surface area contributed by atoms with Crippen molar-refractivity contribution in [2.24, 2.45) is 4.99 Å². The van der Waals surface area contributed by atoms with Gasteiger partial charge in [0.15, 0.2) is 0 Å².